The highest BCUT2D eigenvalue weighted by Gasteiger charge is 2.24. The standard InChI is InChI=1S/C24H21ClN2O5S/c1-5-9-31-21-18(25)10-15(11-19(21)30-4)12-20-22(28)27-24(33-20)26-17-8-6-7-16(13-17)23(29)32-14(2)3/h1,6-8,10-14H,9H2,2-4H3,(H,26,27,28). The number of esters is 1. The summed E-state index contributed by atoms with van der Waals surface area (Å²) < 4.78 is 16.0. The number of benzene rings is 2. The van der Waals surface area contributed by atoms with Gasteiger partial charge in [-0.25, -0.2) is 9.79 Å². The number of nitrogens with zero attached hydrogens (tertiary/aromatic N) is 1. The molecule has 0 aromatic heterocycles. The monoisotopic (exact) mass is 484 g/mol. The Bertz CT molecular complexity index is 1180. The number of carbonyl (C=O) groups excluding carboxylic acids is 2. The summed E-state index contributed by atoms with van der Waals surface area (Å²) in [5, 5.41) is 3.40. The van der Waals surface area contributed by atoms with E-state index in [2.05, 4.69) is 16.2 Å². The molecule has 33 heavy (non-hydrogen) atoms. The summed E-state index contributed by atoms with van der Waals surface area (Å²) in [5.41, 5.74) is 1.53. The molecule has 0 bridgehead atoms. The molecular weight excluding hydrogens is 464 g/mol. The van der Waals surface area contributed by atoms with Crippen LogP contribution in [0.3, 0.4) is 0 Å². The van der Waals surface area contributed by atoms with Crippen LogP contribution in [0, 0.1) is 12.3 Å². The lowest BCUT2D eigenvalue weighted by Gasteiger charge is -2.11. The van der Waals surface area contributed by atoms with Gasteiger partial charge in [-0.2, -0.15) is 0 Å². The van der Waals surface area contributed by atoms with E-state index in [-0.39, 0.29) is 18.6 Å². The first kappa shape index (κ1) is 24.2. The van der Waals surface area contributed by atoms with Crippen LogP contribution in [0.4, 0.5) is 5.69 Å². The van der Waals surface area contributed by atoms with Gasteiger partial charge in [0.05, 0.1) is 34.4 Å². The molecule has 1 amide bonds. The molecule has 170 valence electrons. The van der Waals surface area contributed by atoms with Crippen molar-refractivity contribution in [1.82, 2.24) is 5.32 Å². The van der Waals surface area contributed by atoms with Crippen molar-refractivity contribution in [1.29, 1.82) is 0 Å². The smallest absolute Gasteiger partial charge is 0.338 e. The number of hydrogen-bond donors (Lipinski definition) is 1. The van der Waals surface area contributed by atoms with E-state index >= 15 is 0 Å². The van der Waals surface area contributed by atoms with Crippen LogP contribution >= 0.6 is 23.4 Å². The number of ether oxygens (including phenoxy) is 3. The summed E-state index contributed by atoms with van der Waals surface area (Å²) in [6.45, 7) is 3.60. The second-order valence-corrected chi connectivity index (χ2v) is 8.45. The topological polar surface area (TPSA) is 86.2 Å². The third kappa shape index (κ3) is 6.31. The first-order chi connectivity index (χ1) is 15.8. The molecule has 0 aliphatic carbocycles. The average molecular weight is 485 g/mol. The van der Waals surface area contributed by atoms with Crippen LogP contribution in [-0.4, -0.2) is 36.9 Å². The van der Waals surface area contributed by atoms with Crippen molar-refractivity contribution in [2.24, 2.45) is 4.99 Å². The normalized spacial score (nSPS) is 15.5. The minimum absolute atomic E-state index is 0.0466. The maximum Gasteiger partial charge on any atom is 0.338 e. The molecule has 1 saturated heterocycles. The largest absolute Gasteiger partial charge is 0.493 e. The number of carbonyl (C=O) groups is 2. The van der Waals surface area contributed by atoms with Gasteiger partial charge in [0.2, 0.25) is 0 Å². The predicted octanol–water partition coefficient (Wildman–Crippen LogP) is 4.82. The third-order valence-electron chi connectivity index (χ3n) is 4.16. The van der Waals surface area contributed by atoms with Gasteiger partial charge in [-0.15, -0.1) is 6.42 Å². The van der Waals surface area contributed by atoms with Gasteiger partial charge in [0.25, 0.3) is 5.91 Å². The Morgan fingerprint density at radius 2 is 2.12 bits per heavy atom. The highest BCUT2D eigenvalue weighted by molar-refractivity contribution is 8.18. The second-order valence-electron chi connectivity index (χ2n) is 7.01. The van der Waals surface area contributed by atoms with Crippen LogP contribution in [-0.2, 0) is 9.53 Å². The molecule has 1 fully saturated rings. The van der Waals surface area contributed by atoms with E-state index in [0.717, 1.165) is 11.8 Å². The molecule has 3 rings (SSSR count). The Morgan fingerprint density at radius 3 is 2.82 bits per heavy atom. The van der Waals surface area contributed by atoms with E-state index in [1.54, 1.807) is 56.3 Å². The minimum atomic E-state index is -0.434. The molecule has 0 unspecified atom stereocenters. The van der Waals surface area contributed by atoms with Crippen LogP contribution in [0.25, 0.3) is 6.08 Å². The molecule has 1 aliphatic heterocycles. The molecule has 2 aromatic carbocycles. The summed E-state index contributed by atoms with van der Waals surface area (Å²) in [6.07, 6.45) is 6.67. The van der Waals surface area contributed by atoms with Gasteiger partial charge in [-0.05, 0) is 67.6 Å². The predicted molar refractivity (Wildman–Crippen MR) is 130 cm³/mol. The van der Waals surface area contributed by atoms with E-state index in [0.29, 0.717) is 43.4 Å². The molecule has 7 nitrogen and oxygen atoms in total. The Hall–Kier alpha value is -3.41. The van der Waals surface area contributed by atoms with Crippen molar-refractivity contribution in [2.75, 3.05) is 13.7 Å². The number of methoxy groups -OCH3 is 1. The quantitative estimate of drug-likeness (QED) is 0.344. The first-order valence-electron chi connectivity index (χ1n) is 9.85. The molecule has 1 N–H and O–H groups in total. The van der Waals surface area contributed by atoms with Crippen LogP contribution in [0.1, 0.15) is 29.8 Å². The number of aliphatic imine (C=N–C) groups is 1. The van der Waals surface area contributed by atoms with E-state index in [4.69, 9.17) is 32.2 Å². The first-order valence-corrected chi connectivity index (χ1v) is 11.0. The van der Waals surface area contributed by atoms with Gasteiger partial charge in [-0.1, -0.05) is 23.6 Å². The molecule has 0 radical (unpaired) electrons. The fourth-order valence-corrected chi connectivity index (χ4v) is 3.93. The number of terminal acetylenes is 1. The Kier molecular flexibility index (Phi) is 8.04. The molecule has 1 heterocycles. The molecule has 1 aliphatic rings. The van der Waals surface area contributed by atoms with Crippen molar-refractivity contribution in [3.63, 3.8) is 0 Å². The molecule has 0 atom stereocenters. The Balaban J connectivity index is 1.82. The number of thioether (sulfide) groups is 1. The zero-order valence-corrected chi connectivity index (χ0v) is 19.8. The van der Waals surface area contributed by atoms with Crippen LogP contribution in [0.2, 0.25) is 5.02 Å². The van der Waals surface area contributed by atoms with Crippen molar-refractivity contribution in [3.05, 3.63) is 57.5 Å². The Labute approximate surface area is 201 Å². The SMILES string of the molecule is C#CCOc1c(Cl)cc(C=C2SC(=Nc3cccc(C(=O)OC(C)C)c3)NC2=O)cc1OC. The van der Waals surface area contributed by atoms with E-state index in [1.807, 2.05) is 0 Å². The number of amides is 1. The number of nitrogens with one attached hydrogen (secondary N) is 1. The molecule has 2 aromatic rings. The average Bonchev–Trinajstić information content (AvgIpc) is 3.10. The highest BCUT2D eigenvalue weighted by Crippen LogP contribution is 2.38. The summed E-state index contributed by atoms with van der Waals surface area (Å²) in [7, 11) is 1.48. The van der Waals surface area contributed by atoms with Crippen LogP contribution in [0.15, 0.2) is 46.3 Å². The molecule has 9 heteroatoms. The van der Waals surface area contributed by atoms with Crippen LogP contribution in [0.5, 0.6) is 11.5 Å². The third-order valence-corrected chi connectivity index (χ3v) is 5.35. The van der Waals surface area contributed by atoms with Crippen LogP contribution < -0.4 is 14.8 Å². The van der Waals surface area contributed by atoms with Gasteiger partial charge >= 0.3 is 5.97 Å². The minimum Gasteiger partial charge on any atom is -0.493 e. The lowest BCUT2D eigenvalue weighted by atomic mass is 10.2. The lowest BCUT2D eigenvalue weighted by molar-refractivity contribution is -0.115. The maximum atomic E-state index is 12.5. The fraction of sp³-hybridized carbons (Fsp3) is 0.208. The van der Waals surface area contributed by atoms with E-state index in [1.165, 1.54) is 7.11 Å². The summed E-state index contributed by atoms with van der Waals surface area (Å²) in [5.74, 6) is 2.36. The van der Waals surface area contributed by atoms with Gasteiger partial charge in [0.15, 0.2) is 16.7 Å². The summed E-state index contributed by atoms with van der Waals surface area (Å²) >= 11 is 7.47. The number of rotatable bonds is 7. The van der Waals surface area contributed by atoms with E-state index in [9.17, 15) is 9.59 Å². The molecular formula is C24H21ClN2O5S. The fourth-order valence-electron chi connectivity index (χ4n) is 2.81. The van der Waals surface area contributed by atoms with Crippen molar-refractivity contribution >= 4 is 52.2 Å². The van der Waals surface area contributed by atoms with Gasteiger partial charge in [0.1, 0.15) is 6.61 Å². The molecule has 0 saturated carbocycles. The zero-order chi connectivity index (χ0) is 24.0. The zero-order valence-electron chi connectivity index (χ0n) is 18.2. The van der Waals surface area contributed by atoms with Crippen molar-refractivity contribution < 1.29 is 23.8 Å². The number of hydrogen-bond acceptors (Lipinski definition) is 7. The lowest BCUT2D eigenvalue weighted by Crippen LogP contribution is -2.19. The summed E-state index contributed by atoms with van der Waals surface area (Å²) in [6, 6.07) is 10.0. The van der Waals surface area contributed by atoms with Crippen molar-refractivity contribution in [2.45, 2.75) is 20.0 Å². The van der Waals surface area contributed by atoms with Crippen molar-refractivity contribution in [3.8, 4) is 23.8 Å². The number of halogens is 1. The van der Waals surface area contributed by atoms with Gasteiger partial charge in [0, 0.05) is 0 Å². The number of amidine groups is 1. The summed E-state index contributed by atoms with van der Waals surface area (Å²) in [4.78, 5) is 29.4. The maximum absolute atomic E-state index is 12.5. The highest BCUT2D eigenvalue weighted by atomic mass is 35.5. The second kappa shape index (κ2) is 10.9. The van der Waals surface area contributed by atoms with Gasteiger partial charge < -0.3 is 19.5 Å². The molecule has 0 spiro atoms. The van der Waals surface area contributed by atoms with Gasteiger partial charge in [-0.3, -0.25) is 4.79 Å². The Morgan fingerprint density at radius 1 is 1.33 bits per heavy atom. The van der Waals surface area contributed by atoms with E-state index < -0.39 is 5.97 Å².